The Labute approximate surface area is 133 Å². The molecular weight excluding hydrogens is 328 g/mol. The lowest BCUT2D eigenvalue weighted by Gasteiger charge is -2.27. The number of fused-ring (bicyclic) bond motifs is 2. The average Bonchev–Trinajstić information content (AvgIpc) is 2.54. The standard InChI is InChI=1S/C18H19BrO2/c1-18(21)16-7-6-14(19)11-13(16)10-12(8-9-20)15-4-2-3-5-17(15)18/h2-7,11-12,20-21H,8-10H2,1H3. The third kappa shape index (κ3) is 2.54. The van der Waals surface area contributed by atoms with Gasteiger partial charge in [-0.2, -0.15) is 0 Å². The molecule has 110 valence electrons. The van der Waals surface area contributed by atoms with Crippen LogP contribution in [0.2, 0.25) is 0 Å². The maximum Gasteiger partial charge on any atom is 0.112 e. The van der Waals surface area contributed by atoms with Crippen molar-refractivity contribution >= 4 is 15.9 Å². The van der Waals surface area contributed by atoms with Crippen molar-refractivity contribution in [2.45, 2.75) is 31.3 Å². The van der Waals surface area contributed by atoms with Gasteiger partial charge in [0, 0.05) is 11.1 Å². The summed E-state index contributed by atoms with van der Waals surface area (Å²) < 4.78 is 1.02. The van der Waals surface area contributed by atoms with Gasteiger partial charge in [0.25, 0.3) is 0 Å². The van der Waals surface area contributed by atoms with E-state index in [-0.39, 0.29) is 12.5 Å². The van der Waals surface area contributed by atoms with Crippen LogP contribution in [0.3, 0.4) is 0 Å². The maximum atomic E-state index is 11.2. The normalized spacial score (nSPS) is 24.1. The Morgan fingerprint density at radius 1 is 1.19 bits per heavy atom. The predicted octanol–water partition coefficient (Wildman–Crippen LogP) is 3.73. The van der Waals surface area contributed by atoms with Gasteiger partial charge in [-0.1, -0.05) is 46.3 Å². The summed E-state index contributed by atoms with van der Waals surface area (Å²) in [4.78, 5) is 0. The Morgan fingerprint density at radius 2 is 1.95 bits per heavy atom. The van der Waals surface area contributed by atoms with Crippen molar-refractivity contribution in [3.8, 4) is 0 Å². The Hall–Kier alpha value is -1.16. The lowest BCUT2D eigenvalue weighted by molar-refractivity contribution is 0.101. The van der Waals surface area contributed by atoms with Gasteiger partial charge in [0.05, 0.1) is 0 Å². The summed E-state index contributed by atoms with van der Waals surface area (Å²) in [6.07, 6.45) is 1.54. The number of rotatable bonds is 2. The van der Waals surface area contributed by atoms with Gasteiger partial charge in [0.2, 0.25) is 0 Å². The molecule has 0 radical (unpaired) electrons. The summed E-state index contributed by atoms with van der Waals surface area (Å²) in [6, 6.07) is 14.1. The lowest BCUT2D eigenvalue weighted by atomic mass is 9.84. The van der Waals surface area contributed by atoms with Crippen LogP contribution in [0.1, 0.15) is 41.5 Å². The first kappa shape index (κ1) is 14.8. The Bertz CT molecular complexity index is 664. The molecule has 2 atom stereocenters. The van der Waals surface area contributed by atoms with Crippen molar-refractivity contribution in [3.63, 3.8) is 0 Å². The second-order valence-corrected chi connectivity index (χ2v) is 6.79. The van der Waals surface area contributed by atoms with E-state index in [1.165, 1.54) is 0 Å². The number of benzene rings is 2. The number of aliphatic hydroxyl groups excluding tert-OH is 1. The minimum Gasteiger partial charge on any atom is -0.396 e. The van der Waals surface area contributed by atoms with Gasteiger partial charge < -0.3 is 10.2 Å². The highest BCUT2D eigenvalue weighted by molar-refractivity contribution is 9.10. The number of hydrogen-bond acceptors (Lipinski definition) is 2. The number of halogens is 1. The van der Waals surface area contributed by atoms with E-state index < -0.39 is 5.60 Å². The minimum absolute atomic E-state index is 0.157. The van der Waals surface area contributed by atoms with E-state index in [0.717, 1.165) is 33.1 Å². The summed E-state index contributed by atoms with van der Waals surface area (Å²) in [5.74, 6) is 0.230. The molecule has 0 aliphatic heterocycles. The van der Waals surface area contributed by atoms with Gasteiger partial charge in [0.15, 0.2) is 0 Å². The molecule has 0 saturated heterocycles. The SMILES string of the molecule is CC1(O)c2ccc(Br)cc2CC(CCO)c2ccccc21. The monoisotopic (exact) mass is 346 g/mol. The van der Waals surface area contributed by atoms with Gasteiger partial charge in [0.1, 0.15) is 5.60 Å². The van der Waals surface area contributed by atoms with Crippen LogP contribution in [0.25, 0.3) is 0 Å². The predicted molar refractivity (Wildman–Crippen MR) is 87.4 cm³/mol. The highest BCUT2D eigenvalue weighted by Gasteiger charge is 2.35. The van der Waals surface area contributed by atoms with E-state index >= 15 is 0 Å². The van der Waals surface area contributed by atoms with Crippen LogP contribution in [0.15, 0.2) is 46.9 Å². The zero-order valence-corrected chi connectivity index (χ0v) is 13.6. The van der Waals surface area contributed by atoms with Gasteiger partial charge in [-0.3, -0.25) is 0 Å². The van der Waals surface area contributed by atoms with Gasteiger partial charge in [-0.25, -0.2) is 0 Å². The molecule has 3 rings (SSSR count). The van der Waals surface area contributed by atoms with E-state index in [9.17, 15) is 10.2 Å². The Balaban J connectivity index is 2.24. The zero-order chi connectivity index (χ0) is 15.0. The van der Waals surface area contributed by atoms with Crippen molar-refractivity contribution in [2.75, 3.05) is 6.61 Å². The van der Waals surface area contributed by atoms with Crippen LogP contribution in [-0.2, 0) is 12.0 Å². The summed E-state index contributed by atoms with van der Waals surface area (Å²) in [6.45, 7) is 2.02. The quantitative estimate of drug-likeness (QED) is 0.869. The fraction of sp³-hybridized carbons (Fsp3) is 0.333. The molecular formula is C18H19BrO2. The van der Waals surface area contributed by atoms with E-state index in [1.54, 1.807) is 0 Å². The summed E-state index contributed by atoms with van der Waals surface area (Å²) in [7, 11) is 0. The van der Waals surface area contributed by atoms with Crippen LogP contribution in [-0.4, -0.2) is 16.8 Å². The lowest BCUT2D eigenvalue weighted by Crippen LogP contribution is -2.24. The highest BCUT2D eigenvalue weighted by Crippen LogP contribution is 2.43. The maximum absolute atomic E-state index is 11.2. The molecule has 2 nitrogen and oxygen atoms in total. The third-order valence-corrected chi connectivity index (χ3v) is 4.95. The molecule has 0 aromatic heterocycles. The second-order valence-electron chi connectivity index (χ2n) is 5.87. The molecule has 2 N–H and O–H groups in total. The zero-order valence-electron chi connectivity index (χ0n) is 12.0. The van der Waals surface area contributed by atoms with Crippen molar-refractivity contribution in [2.24, 2.45) is 0 Å². The van der Waals surface area contributed by atoms with Gasteiger partial charge in [-0.15, -0.1) is 0 Å². The van der Waals surface area contributed by atoms with E-state index in [2.05, 4.69) is 28.1 Å². The first-order chi connectivity index (χ1) is 10.0. The topological polar surface area (TPSA) is 40.5 Å². The third-order valence-electron chi connectivity index (χ3n) is 4.46. The van der Waals surface area contributed by atoms with Gasteiger partial charge in [-0.05, 0) is 60.1 Å². The highest BCUT2D eigenvalue weighted by atomic mass is 79.9. The first-order valence-corrected chi connectivity index (χ1v) is 8.05. The first-order valence-electron chi connectivity index (χ1n) is 7.25. The molecule has 1 aliphatic rings. The van der Waals surface area contributed by atoms with Crippen LogP contribution < -0.4 is 0 Å². The van der Waals surface area contributed by atoms with E-state index in [0.29, 0.717) is 6.42 Å². The molecule has 2 aromatic carbocycles. The summed E-state index contributed by atoms with van der Waals surface area (Å²) in [5.41, 5.74) is 3.19. The molecule has 0 amide bonds. The molecule has 21 heavy (non-hydrogen) atoms. The average molecular weight is 347 g/mol. The molecule has 0 fully saturated rings. The molecule has 0 bridgehead atoms. The fourth-order valence-corrected chi connectivity index (χ4v) is 3.84. The molecule has 0 heterocycles. The Morgan fingerprint density at radius 3 is 2.71 bits per heavy atom. The van der Waals surface area contributed by atoms with Crippen LogP contribution in [0.5, 0.6) is 0 Å². The summed E-state index contributed by atoms with van der Waals surface area (Å²) in [5, 5.41) is 20.6. The van der Waals surface area contributed by atoms with Crippen LogP contribution in [0.4, 0.5) is 0 Å². The van der Waals surface area contributed by atoms with Crippen molar-refractivity contribution < 1.29 is 10.2 Å². The molecule has 0 spiro atoms. The Kier molecular flexibility index (Phi) is 3.91. The van der Waals surface area contributed by atoms with Crippen molar-refractivity contribution in [1.29, 1.82) is 0 Å². The van der Waals surface area contributed by atoms with Gasteiger partial charge >= 0.3 is 0 Å². The largest absolute Gasteiger partial charge is 0.396 e. The summed E-state index contributed by atoms with van der Waals surface area (Å²) >= 11 is 3.52. The van der Waals surface area contributed by atoms with Crippen LogP contribution >= 0.6 is 15.9 Å². The smallest absolute Gasteiger partial charge is 0.112 e. The van der Waals surface area contributed by atoms with Crippen molar-refractivity contribution in [3.05, 3.63) is 69.2 Å². The molecule has 2 unspecified atom stereocenters. The molecule has 1 aliphatic carbocycles. The minimum atomic E-state index is -1.00. The second kappa shape index (κ2) is 5.56. The molecule has 3 heteroatoms. The number of hydrogen-bond donors (Lipinski definition) is 2. The number of aliphatic hydroxyl groups is 2. The molecule has 2 aromatic rings. The fourth-order valence-electron chi connectivity index (χ4n) is 3.44. The van der Waals surface area contributed by atoms with Crippen molar-refractivity contribution in [1.82, 2.24) is 0 Å². The molecule has 0 saturated carbocycles. The van der Waals surface area contributed by atoms with E-state index in [1.807, 2.05) is 37.3 Å². The van der Waals surface area contributed by atoms with Crippen LogP contribution in [0, 0.1) is 0 Å². The van der Waals surface area contributed by atoms with E-state index in [4.69, 9.17) is 0 Å².